The molecule has 2 rings (SSSR count). The molecule has 0 aliphatic carbocycles. The van der Waals surface area contributed by atoms with Crippen molar-refractivity contribution in [2.24, 2.45) is 0 Å². The molecule has 1 aliphatic heterocycles. The van der Waals surface area contributed by atoms with E-state index in [0.717, 1.165) is 12.8 Å². The minimum absolute atomic E-state index is 0.224. The number of nitrogens with one attached hydrogen (secondary N) is 1. The van der Waals surface area contributed by atoms with Gasteiger partial charge in [-0.25, -0.2) is 9.99 Å². The number of hydrogen-bond donors (Lipinski definition) is 1. The summed E-state index contributed by atoms with van der Waals surface area (Å²) in [7, 11) is 0. The van der Waals surface area contributed by atoms with Crippen LogP contribution in [0.5, 0.6) is 0 Å². The van der Waals surface area contributed by atoms with Gasteiger partial charge in [-0.05, 0) is 26.7 Å². The largest absolute Gasteiger partial charge is 0.285 e. The Morgan fingerprint density at radius 3 is 2.67 bits per heavy atom. The maximum Gasteiger partial charge on any atom is 0.285 e. The maximum absolute atomic E-state index is 12.0. The molecule has 1 N–H and O–H groups in total. The van der Waals surface area contributed by atoms with Crippen molar-refractivity contribution in [2.75, 3.05) is 0 Å². The zero-order chi connectivity index (χ0) is 13.1. The third-order valence-electron chi connectivity index (χ3n) is 3.26. The summed E-state index contributed by atoms with van der Waals surface area (Å²) in [6.45, 7) is 4.22. The van der Waals surface area contributed by atoms with Crippen molar-refractivity contribution >= 4 is 17.5 Å². The monoisotopic (exact) mass is 268 g/mol. The molecule has 1 saturated heterocycles. The van der Waals surface area contributed by atoms with Crippen LogP contribution in [0.25, 0.3) is 0 Å². The Kier molecular flexibility index (Phi) is 4.14. The highest BCUT2D eigenvalue weighted by atomic mass is 35.5. The molecule has 1 aromatic rings. The van der Waals surface area contributed by atoms with Crippen molar-refractivity contribution in [1.82, 2.24) is 20.4 Å². The topological polar surface area (TPSA) is 58.1 Å². The second-order valence-electron chi connectivity index (χ2n) is 4.70. The van der Waals surface area contributed by atoms with Crippen LogP contribution in [0, 0.1) is 0 Å². The maximum atomic E-state index is 12.0. The van der Waals surface area contributed by atoms with Crippen molar-refractivity contribution in [3.05, 3.63) is 23.2 Å². The summed E-state index contributed by atoms with van der Waals surface area (Å²) in [5, 5.41) is 2.22. The van der Waals surface area contributed by atoms with Gasteiger partial charge >= 0.3 is 0 Å². The molecule has 2 atom stereocenters. The molecule has 0 bridgehead atoms. The summed E-state index contributed by atoms with van der Waals surface area (Å²) in [5.41, 5.74) is 3.14. The molecule has 0 saturated carbocycles. The Morgan fingerprint density at radius 1 is 1.39 bits per heavy atom. The van der Waals surface area contributed by atoms with Crippen LogP contribution >= 0.6 is 11.6 Å². The zero-order valence-electron chi connectivity index (χ0n) is 10.6. The molecule has 98 valence electrons. The number of halogens is 1. The van der Waals surface area contributed by atoms with E-state index >= 15 is 0 Å². The lowest BCUT2D eigenvalue weighted by Gasteiger charge is -2.38. The summed E-state index contributed by atoms with van der Waals surface area (Å²) < 4.78 is 0. The number of hydrogen-bond acceptors (Lipinski definition) is 4. The van der Waals surface area contributed by atoms with E-state index in [9.17, 15) is 4.79 Å². The van der Waals surface area contributed by atoms with E-state index in [2.05, 4.69) is 29.2 Å². The standard InChI is InChI=1S/C12H17ClN4O/c1-8-4-3-5-9(2)17(8)16-12(18)10-6-14-7-11(13)15-10/h6-9H,3-5H2,1-2H3,(H,16,18). The lowest BCUT2D eigenvalue weighted by molar-refractivity contribution is 0.0366. The van der Waals surface area contributed by atoms with Gasteiger partial charge in [0.1, 0.15) is 10.8 Å². The minimum Gasteiger partial charge on any atom is -0.283 e. The predicted molar refractivity (Wildman–Crippen MR) is 69.1 cm³/mol. The quantitative estimate of drug-likeness (QED) is 0.892. The first-order valence-electron chi connectivity index (χ1n) is 6.15. The van der Waals surface area contributed by atoms with E-state index in [-0.39, 0.29) is 16.8 Å². The van der Waals surface area contributed by atoms with Crippen LogP contribution in [0.4, 0.5) is 0 Å². The molecule has 0 radical (unpaired) electrons. The molecular formula is C12H17ClN4O. The second-order valence-corrected chi connectivity index (χ2v) is 5.09. The lowest BCUT2D eigenvalue weighted by Crippen LogP contribution is -2.54. The Bertz CT molecular complexity index is 430. The van der Waals surface area contributed by atoms with Gasteiger partial charge in [0.05, 0.1) is 12.4 Å². The summed E-state index contributed by atoms with van der Waals surface area (Å²) in [6.07, 6.45) is 6.20. The number of aromatic nitrogens is 2. The molecular weight excluding hydrogens is 252 g/mol. The highest BCUT2D eigenvalue weighted by Gasteiger charge is 2.26. The molecule has 1 aromatic heterocycles. The number of piperidine rings is 1. The summed E-state index contributed by atoms with van der Waals surface area (Å²) in [4.78, 5) is 19.9. The van der Waals surface area contributed by atoms with Crippen molar-refractivity contribution in [3.63, 3.8) is 0 Å². The van der Waals surface area contributed by atoms with Crippen molar-refractivity contribution in [1.29, 1.82) is 0 Å². The second kappa shape index (κ2) is 5.63. The molecule has 1 aliphatic rings. The fourth-order valence-electron chi connectivity index (χ4n) is 2.27. The third kappa shape index (κ3) is 2.97. The van der Waals surface area contributed by atoms with Gasteiger partial charge in [0.2, 0.25) is 0 Å². The van der Waals surface area contributed by atoms with Gasteiger partial charge in [-0.1, -0.05) is 18.0 Å². The molecule has 0 spiro atoms. The lowest BCUT2D eigenvalue weighted by atomic mass is 10.00. The minimum atomic E-state index is -0.259. The Morgan fingerprint density at radius 2 is 2.06 bits per heavy atom. The fraction of sp³-hybridized carbons (Fsp3) is 0.583. The first kappa shape index (κ1) is 13.2. The van der Waals surface area contributed by atoms with Crippen LogP contribution < -0.4 is 5.43 Å². The molecule has 2 unspecified atom stereocenters. The molecule has 18 heavy (non-hydrogen) atoms. The van der Waals surface area contributed by atoms with E-state index in [1.807, 2.05) is 5.01 Å². The summed E-state index contributed by atoms with van der Waals surface area (Å²) in [6, 6.07) is 0.676. The normalized spacial score (nSPS) is 24.8. The van der Waals surface area contributed by atoms with Crippen molar-refractivity contribution in [3.8, 4) is 0 Å². The van der Waals surface area contributed by atoms with Gasteiger partial charge in [0.25, 0.3) is 5.91 Å². The van der Waals surface area contributed by atoms with Gasteiger partial charge in [0, 0.05) is 12.1 Å². The van der Waals surface area contributed by atoms with E-state index in [4.69, 9.17) is 11.6 Å². The van der Waals surface area contributed by atoms with E-state index < -0.39 is 0 Å². The average Bonchev–Trinajstić information content (AvgIpc) is 2.34. The Labute approximate surface area is 112 Å². The van der Waals surface area contributed by atoms with Crippen LogP contribution in [-0.2, 0) is 0 Å². The van der Waals surface area contributed by atoms with Crippen LogP contribution in [-0.4, -0.2) is 33.0 Å². The van der Waals surface area contributed by atoms with Crippen LogP contribution in [0.15, 0.2) is 12.4 Å². The predicted octanol–water partition coefficient (Wildman–Crippen LogP) is 2.04. The number of amides is 1. The molecule has 6 heteroatoms. The van der Waals surface area contributed by atoms with Crippen LogP contribution in [0.3, 0.4) is 0 Å². The number of carbonyl (C=O) groups is 1. The average molecular weight is 269 g/mol. The fourth-order valence-corrected chi connectivity index (χ4v) is 2.42. The van der Waals surface area contributed by atoms with Gasteiger partial charge in [-0.3, -0.25) is 15.2 Å². The summed E-state index contributed by atoms with van der Waals surface area (Å²) >= 11 is 5.72. The number of carbonyl (C=O) groups excluding carboxylic acids is 1. The third-order valence-corrected chi connectivity index (χ3v) is 3.44. The SMILES string of the molecule is CC1CCCC(C)N1NC(=O)c1cncc(Cl)n1. The van der Waals surface area contributed by atoms with Crippen LogP contribution in [0.1, 0.15) is 43.6 Å². The summed E-state index contributed by atoms with van der Waals surface area (Å²) in [5.74, 6) is -0.259. The first-order chi connectivity index (χ1) is 8.58. The molecule has 1 fully saturated rings. The molecule has 2 heterocycles. The number of hydrazine groups is 1. The highest BCUT2D eigenvalue weighted by molar-refractivity contribution is 6.29. The smallest absolute Gasteiger partial charge is 0.283 e. The molecule has 0 aromatic carbocycles. The number of nitrogens with zero attached hydrogens (tertiary/aromatic N) is 3. The van der Waals surface area contributed by atoms with Crippen LogP contribution in [0.2, 0.25) is 5.15 Å². The number of rotatable bonds is 2. The van der Waals surface area contributed by atoms with E-state index in [0.29, 0.717) is 12.1 Å². The van der Waals surface area contributed by atoms with Gasteiger partial charge in [-0.2, -0.15) is 0 Å². The molecule has 5 nitrogen and oxygen atoms in total. The molecule has 1 amide bonds. The Balaban J connectivity index is 2.06. The van der Waals surface area contributed by atoms with Crippen molar-refractivity contribution in [2.45, 2.75) is 45.2 Å². The first-order valence-corrected chi connectivity index (χ1v) is 6.52. The van der Waals surface area contributed by atoms with Crippen molar-refractivity contribution < 1.29 is 4.79 Å². The van der Waals surface area contributed by atoms with E-state index in [1.165, 1.54) is 18.8 Å². The zero-order valence-corrected chi connectivity index (χ0v) is 11.3. The van der Waals surface area contributed by atoms with E-state index in [1.54, 1.807) is 0 Å². The van der Waals surface area contributed by atoms with Gasteiger partial charge in [-0.15, -0.1) is 0 Å². The Hall–Kier alpha value is -1.20. The van der Waals surface area contributed by atoms with Gasteiger partial charge < -0.3 is 0 Å². The van der Waals surface area contributed by atoms with Gasteiger partial charge in [0.15, 0.2) is 0 Å². The highest BCUT2D eigenvalue weighted by Crippen LogP contribution is 2.20.